The minimum Gasteiger partial charge on any atom is -0.0764 e. The first-order chi connectivity index (χ1) is 7.61. The van der Waals surface area contributed by atoms with Crippen LogP contribution < -0.4 is 0 Å². The van der Waals surface area contributed by atoms with Crippen molar-refractivity contribution >= 4 is 0 Å². The van der Waals surface area contributed by atoms with Crippen LogP contribution in [0.25, 0.3) is 0 Å². The second-order valence-corrected chi connectivity index (χ2v) is 4.90. The maximum atomic E-state index is 2.33. The normalized spacial score (nSPS) is 24.4. The van der Waals surface area contributed by atoms with E-state index in [1.54, 1.807) is 0 Å². The third-order valence-corrected chi connectivity index (χ3v) is 3.94. The Bertz CT molecular complexity index is 449. The predicted molar refractivity (Wildman–Crippen MR) is 70.7 cm³/mol. The summed E-state index contributed by atoms with van der Waals surface area (Å²) < 4.78 is 0. The van der Waals surface area contributed by atoms with E-state index in [2.05, 4.69) is 64.1 Å². The van der Waals surface area contributed by atoms with Crippen molar-refractivity contribution in [2.45, 2.75) is 33.6 Å². The standard InChI is InChI=1S/C16H20/c1-11-7-5-9-15(13(11)3)16-10-6-8-12(2)14(16)4/h5-10,13,15H,1-4H3. The largest absolute Gasteiger partial charge is 0.0764 e. The Morgan fingerprint density at radius 1 is 1.06 bits per heavy atom. The van der Waals surface area contributed by atoms with Crippen LogP contribution in [0.1, 0.15) is 36.5 Å². The summed E-state index contributed by atoms with van der Waals surface area (Å²) in [6.45, 7) is 8.98. The van der Waals surface area contributed by atoms with Crippen molar-refractivity contribution in [3.05, 3.63) is 58.7 Å². The van der Waals surface area contributed by atoms with Crippen LogP contribution in [0.15, 0.2) is 42.0 Å². The number of allylic oxidation sites excluding steroid dienone is 4. The van der Waals surface area contributed by atoms with Gasteiger partial charge in [-0.05, 0) is 43.4 Å². The number of benzene rings is 1. The molecule has 0 N–H and O–H groups in total. The lowest BCUT2D eigenvalue weighted by atomic mass is 9.78. The molecule has 0 heteroatoms. The minimum atomic E-state index is 0.546. The Labute approximate surface area is 98.7 Å². The second-order valence-electron chi connectivity index (χ2n) is 4.90. The molecule has 0 saturated heterocycles. The van der Waals surface area contributed by atoms with Gasteiger partial charge in [0.05, 0.1) is 0 Å². The van der Waals surface area contributed by atoms with Crippen LogP contribution in [0, 0.1) is 19.8 Å². The van der Waals surface area contributed by atoms with E-state index in [9.17, 15) is 0 Å². The van der Waals surface area contributed by atoms with Crippen LogP contribution in [0.4, 0.5) is 0 Å². The Morgan fingerprint density at radius 3 is 2.56 bits per heavy atom. The molecule has 1 aromatic carbocycles. The Kier molecular flexibility index (Phi) is 3.00. The number of aryl methyl sites for hydroxylation is 1. The van der Waals surface area contributed by atoms with Gasteiger partial charge in [0.15, 0.2) is 0 Å². The smallest absolute Gasteiger partial charge is 0.00866 e. The van der Waals surface area contributed by atoms with Gasteiger partial charge in [0.1, 0.15) is 0 Å². The van der Waals surface area contributed by atoms with E-state index in [0.717, 1.165) is 0 Å². The van der Waals surface area contributed by atoms with Gasteiger partial charge >= 0.3 is 0 Å². The molecule has 2 unspecified atom stereocenters. The summed E-state index contributed by atoms with van der Waals surface area (Å²) in [5.41, 5.74) is 5.80. The second kappa shape index (κ2) is 4.29. The molecule has 0 radical (unpaired) electrons. The lowest BCUT2D eigenvalue weighted by Gasteiger charge is -2.27. The van der Waals surface area contributed by atoms with Gasteiger partial charge in [-0.2, -0.15) is 0 Å². The maximum absolute atomic E-state index is 2.33. The predicted octanol–water partition coefficient (Wildman–Crippen LogP) is 4.54. The SMILES string of the molecule is CC1=CC=CC(c2cccc(C)c2C)C1C. The van der Waals surface area contributed by atoms with Crippen LogP contribution >= 0.6 is 0 Å². The van der Waals surface area contributed by atoms with Gasteiger partial charge in [-0.15, -0.1) is 0 Å². The fourth-order valence-corrected chi connectivity index (χ4v) is 2.44. The third kappa shape index (κ3) is 1.84. The molecule has 1 aromatic rings. The highest BCUT2D eigenvalue weighted by Gasteiger charge is 2.21. The Morgan fingerprint density at radius 2 is 1.81 bits per heavy atom. The minimum absolute atomic E-state index is 0.546. The molecule has 0 bridgehead atoms. The van der Waals surface area contributed by atoms with Crippen LogP contribution in [0.3, 0.4) is 0 Å². The van der Waals surface area contributed by atoms with E-state index < -0.39 is 0 Å². The molecule has 0 spiro atoms. The first kappa shape index (κ1) is 11.2. The van der Waals surface area contributed by atoms with Crippen molar-refractivity contribution in [1.29, 1.82) is 0 Å². The fraction of sp³-hybridized carbons (Fsp3) is 0.375. The van der Waals surface area contributed by atoms with Gasteiger partial charge in [-0.25, -0.2) is 0 Å². The summed E-state index contributed by atoms with van der Waals surface area (Å²) in [6, 6.07) is 6.64. The number of hydrogen-bond donors (Lipinski definition) is 0. The first-order valence-electron chi connectivity index (χ1n) is 6.02. The molecule has 16 heavy (non-hydrogen) atoms. The number of rotatable bonds is 1. The zero-order valence-corrected chi connectivity index (χ0v) is 10.6. The monoisotopic (exact) mass is 212 g/mol. The third-order valence-electron chi connectivity index (χ3n) is 3.94. The van der Waals surface area contributed by atoms with Gasteiger partial charge < -0.3 is 0 Å². The zero-order chi connectivity index (χ0) is 11.7. The summed E-state index contributed by atoms with van der Waals surface area (Å²) in [5.74, 6) is 1.16. The van der Waals surface area contributed by atoms with E-state index in [-0.39, 0.29) is 0 Å². The van der Waals surface area contributed by atoms with Crippen LogP contribution in [0.5, 0.6) is 0 Å². The maximum Gasteiger partial charge on any atom is 0.00866 e. The highest BCUT2D eigenvalue weighted by molar-refractivity contribution is 5.41. The average Bonchev–Trinajstić information content (AvgIpc) is 2.27. The molecule has 0 aliphatic heterocycles. The van der Waals surface area contributed by atoms with Gasteiger partial charge in [0.2, 0.25) is 0 Å². The first-order valence-corrected chi connectivity index (χ1v) is 6.02. The lowest BCUT2D eigenvalue weighted by Crippen LogP contribution is -2.13. The number of hydrogen-bond acceptors (Lipinski definition) is 0. The molecular formula is C16H20. The summed E-state index contributed by atoms with van der Waals surface area (Å²) in [6.07, 6.45) is 6.76. The molecule has 1 aliphatic rings. The van der Waals surface area contributed by atoms with E-state index in [0.29, 0.717) is 11.8 Å². The van der Waals surface area contributed by atoms with Crippen LogP contribution in [-0.2, 0) is 0 Å². The van der Waals surface area contributed by atoms with Gasteiger partial charge in [0, 0.05) is 5.92 Å². The highest BCUT2D eigenvalue weighted by Crippen LogP contribution is 2.35. The molecule has 2 rings (SSSR count). The molecule has 0 heterocycles. The van der Waals surface area contributed by atoms with Gasteiger partial charge in [0.25, 0.3) is 0 Å². The van der Waals surface area contributed by atoms with E-state index in [1.807, 2.05) is 0 Å². The lowest BCUT2D eigenvalue weighted by molar-refractivity contribution is 0.595. The summed E-state index contributed by atoms with van der Waals surface area (Å²) in [5, 5.41) is 0. The molecule has 0 aromatic heterocycles. The average molecular weight is 212 g/mol. The molecular weight excluding hydrogens is 192 g/mol. The van der Waals surface area contributed by atoms with E-state index in [4.69, 9.17) is 0 Å². The van der Waals surface area contributed by atoms with E-state index >= 15 is 0 Å². The van der Waals surface area contributed by atoms with Crippen molar-refractivity contribution in [3.8, 4) is 0 Å². The fourth-order valence-electron chi connectivity index (χ4n) is 2.44. The van der Waals surface area contributed by atoms with Crippen molar-refractivity contribution in [2.24, 2.45) is 5.92 Å². The summed E-state index contributed by atoms with van der Waals surface area (Å²) >= 11 is 0. The van der Waals surface area contributed by atoms with Crippen molar-refractivity contribution in [2.75, 3.05) is 0 Å². The Hall–Kier alpha value is -1.30. The van der Waals surface area contributed by atoms with Crippen molar-refractivity contribution < 1.29 is 0 Å². The topological polar surface area (TPSA) is 0 Å². The molecule has 0 amide bonds. The van der Waals surface area contributed by atoms with Crippen LogP contribution in [-0.4, -0.2) is 0 Å². The molecule has 0 fully saturated rings. The van der Waals surface area contributed by atoms with Crippen molar-refractivity contribution in [1.82, 2.24) is 0 Å². The van der Waals surface area contributed by atoms with Gasteiger partial charge in [-0.3, -0.25) is 0 Å². The highest BCUT2D eigenvalue weighted by atomic mass is 14.3. The summed E-state index contributed by atoms with van der Waals surface area (Å²) in [7, 11) is 0. The van der Waals surface area contributed by atoms with Gasteiger partial charge in [-0.1, -0.05) is 48.9 Å². The Balaban J connectivity index is 2.42. The molecule has 2 atom stereocenters. The van der Waals surface area contributed by atoms with Crippen molar-refractivity contribution in [3.63, 3.8) is 0 Å². The molecule has 1 aliphatic carbocycles. The molecule has 84 valence electrons. The summed E-state index contributed by atoms with van der Waals surface area (Å²) in [4.78, 5) is 0. The van der Waals surface area contributed by atoms with E-state index in [1.165, 1.54) is 22.3 Å². The molecule has 0 nitrogen and oxygen atoms in total. The molecule has 0 saturated carbocycles. The van der Waals surface area contributed by atoms with Crippen LogP contribution in [0.2, 0.25) is 0 Å². The quantitative estimate of drug-likeness (QED) is 0.641. The zero-order valence-electron chi connectivity index (χ0n) is 10.6.